The molecule has 0 spiro atoms. The van der Waals surface area contributed by atoms with E-state index in [-0.39, 0.29) is 18.4 Å². The number of carbonyl (C=O) groups is 1. The van der Waals surface area contributed by atoms with E-state index in [4.69, 9.17) is 10.8 Å². The zero-order valence-electron chi connectivity index (χ0n) is 6.88. The summed E-state index contributed by atoms with van der Waals surface area (Å²) in [6.45, 7) is 1.40. The first-order chi connectivity index (χ1) is 5.43. The van der Waals surface area contributed by atoms with E-state index in [0.717, 1.165) is 0 Å². The second-order valence-corrected chi connectivity index (χ2v) is 3.30. The third-order valence-corrected chi connectivity index (χ3v) is 2.23. The first-order valence-electron chi connectivity index (χ1n) is 3.82. The Morgan fingerprint density at radius 3 is 2.92 bits per heavy atom. The average Bonchev–Trinajstić information content (AvgIpc) is 1.94. The van der Waals surface area contributed by atoms with E-state index >= 15 is 0 Å². The summed E-state index contributed by atoms with van der Waals surface area (Å²) in [6, 6.07) is -0.794. The van der Waals surface area contributed by atoms with Gasteiger partial charge >= 0.3 is 5.97 Å². The van der Waals surface area contributed by atoms with Gasteiger partial charge < -0.3 is 10.8 Å². The molecular weight excluding hydrogens is 161 g/mol. The van der Waals surface area contributed by atoms with Crippen LogP contribution in [0.5, 0.6) is 0 Å². The SMILES string of the molecule is C[C@]1(F)CCC(C(=O)O)=C[C@@H]1N. The van der Waals surface area contributed by atoms with E-state index in [0.29, 0.717) is 0 Å². The van der Waals surface area contributed by atoms with Crippen LogP contribution in [-0.4, -0.2) is 22.8 Å². The number of hydrogen-bond acceptors (Lipinski definition) is 2. The topological polar surface area (TPSA) is 63.3 Å². The minimum atomic E-state index is -1.46. The van der Waals surface area contributed by atoms with Crippen LogP contribution in [0.1, 0.15) is 19.8 Å². The fourth-order valence-electron chi connectivity index (χ4n) is 1.20. The molecule has 12 heavy (non-hydrogen) atoms. The van der Waals surface area contributed by atoms with Gasteiger partial charge in [-0.15, -0.1) is 0 Å². The third-order valence-electron chi connectivity index (χ3n) is 2.23. The number of nitrogens with two attached hydrogens (primary N) is 1. The monoisotopic (exact) mass is 173 g/mol. The van der Waals surface area contributed by atoms with Crippen molar-refractivity contribution in [3.8, 4) is 0 Å². The van der Waals surface area contributed by atoms with Crippen LogP contribution in [0, 0.1) is 0 Å². The van der Waals surface area contributed by atoms with Crippen molar-refractivity contribution in [3.05, 3.63) is 11.6 Å². The zero-order valence-corrected chi connectivity index (χ0v) is 6.88. The molecule has 1 rings (SSSR count). The number of carboxylic acid groups (broad SMARTS) is 1. The summed E-state index contributed by atoms with van der Waals surface area (Å²) in [6.07, 6.45) is 1.74. The second-order valence-electron chi connectivity index (χ2n) is 3.30. The number of hydrogen-bond donors (Lipinski definition) is 2. The van der Waals surface area contributed by atoms with Gasteiger partial charge in [-0.3, -0.25) is 0 Å². The van der Waals surface area contributed by atoms with E-state index in [2.05, 4.69) is 0 Å². The Morgan fingerprint density at radius 2 is 2.50 bits per heavy atom. The van der Waals surface area contributed by atoms with Gasteiger partial charge in [-0.25, -0.2) is 9.18 Å². The predicted molar refractivity (Wildman–Crippen MR) is 42.4 cm³/mol. The summed E-state index contributed by atoms with van der Waals surface area (Å²) in [4.78, 5) is 10.5. The molecule has 0 fully saturated rings. The van der Waals surface area contributed by atoms with Gasteiger partial charge in [-0.2, -0.15) is 0 Å². The molecule has 0 aliphatic heterocycles. The van der Waals surface area contributed by atoms with E-state index < -0.39 is 17.7 Å². The highest BCUT2D eigenvalue weighted by molar-refractivity contribution is 5.86. The summed E-state index contributed by atoms with van der Waals surface area (Å²) >= 11 is 0. The maximum absolute atomic E-state index is 13.3. The Balaban J connectivity index is 2.82. The third kappa shape index (κ3) is 1.64. The molecule has 0 saturated carbocycles. The van der Waals surface area contributed by atoms with Gasteiger partial charge in [0.1, 0.15) is 5.67 Å². The molecule has 0 amide bonds. The minimum Gasteiger partial charge on any atom is -0.478 e. The highest BCUT2D eigenvalue weighted by Gasteiger charge is 2.34. The Hall–Kier alpha value is -0.900. The Labute approximate surface area is 70.1 Å². The van der Waals surface area contributed by atoms with Gasteiger partial charge in [0, 0.05) is 5.57 Å². The number of halogens is 1. The van der Waals surface area contributed by atoms with Gasteiger partial charge in [-0.1, -0.05) is 6.08 Å². The van der Waals surface area contributed by atoms with Crippen LogP contribution >= 0.6 is 0 Å². The smallest absolute Gasteiger partial charge is 0.331 e. The van der Waals surface area contributed by atoms with Crippen LogP contribution < -0.4 is 5.73 Å². The van der Waals surface area contributed by atoms with Gasteiger partial charge in [0.05, 0.1) is 6.04 Å². The highest BCUT2D eigenvalue weighted by Crippen LogP contribution is 2.29. The molecule has 0 radical (unpaired) electrons. The standard InChI is InChI=1S/C8H12FNO2/c1-8(9)3-2-5(7(11)12)4-6(8)10/h4,6H,2-3,10H2,1H3,(H,11,12)/t6-,8-/m0/s1. The van der Waals surface area contributed by atoms with Crippen molar-refractivity contribution >= 4 is 5.97 Å². The molecule has 0 saturated heterocycles. The maximum Gasteiger partial charge on any atom is 0.331 e. The Kier molecular flexibility index (Phi) is 2.19. The van der Waals surface area contributed by atoms with Crippen molar-refractivity contribution in [2.75, 3.05) is 0 Å². The molecule has 0 bridgehead atoms. The highest BCUT2D eigenvalue weighted by atomic mass is 19.1. The molecule has 2 atom stereocenters. The number of aliphatic carboxylic acids is 1. The van der Waals surface area contributed by atoms with Crippen molar-refractivity contribution in [2.45, 2.75) is 31.5 Å². The molecule has 0 aromatic carbocycles. The average molecular weight is 173 g/mol. The molecule has 3 N–H and O–H groups in total. The molecule has 0 aromatic heterocycles. The normalized spacial score (nSPS) is 35.9. The Bertz CT molecular complexity index is 235. The van der Waals surface area contributed by atoms with Gasteiger partial charge in [-0.05, 0) is 19.8 Å². The summed E-state index contributed by atoms with van der Waals surface area (Å²) in [7, 11) is 0. The molecular formula is C8H12FNO2. The van der Waals surface area contributed by atoms with Crippen LogP contribution in [0.15, 0.2) is 11.6 Å². The summed E-state index contributed by atoms with van der Waals surface area (Å²) < 4.78 is 13.3. The maximum atomic E-state index is 13.3. The lowest BCUT2D eigenvalue weighted by molar-refractivity contribution is -0.133. The number of alkyl halides is 1. The minimum absolute atomic E-state index is 0.187. The first kappa shape index (κ1) is 9.19. The fourth-order valence-corrected chi connectivity index (χ4v) is 1.20. The van der Waals surface area contributed by atoms with Crippen LogP contribution in [0.25, 0.3) is 0 Å². The van der Waals surface area contributed by atoms with Crippen molar-refractivity contribution < 1.29 is 14.3 Å². The molecule has 1 aliphatic rings. The van der Waals surface area contributed by atoms with Gasteiger partial charge in [0.25, 0.3) is 0 Å². The lowest BCUT2D eigenvalue weighted by atomic mass is 9.85. The van der Waals surface area contributed by atoms with Crippen LogP contribution in [-0.2, 0) is 4.79 Å². The van der Waals surface area contributed by atoms with Gasteiger partial charge in [0.15, 0.2) is 0 Å². The molecule has 0 unspecified atom stereocenters. The second kappa shape index (κ2) is 2.86. The van der Waals surface area contributed by atoms with Crippen molar-refractivity contribution in [3.63, 3.8) is 0 Å². The molecule has 3 nitrogen and oxygen atoms in total. The lowest BCUT2D eigenvalue weighted by Crippen LogP contribution is -2.43. The van der Waals surface area contributed by atoms with E-state index in [1.54, 1.807) is 0 Å². The lowest BCUT2D eigenvalue weighted by Gasteiger charge is -2.29. The van der Waals surface area contributed by atoms with E-state index in [1.165, 1.54) is 13.0 Å². The summed E-state index contributed by atoms with van der Waals surface area (Å²) in [5, 5.41) is 8.58. The molecule has 4 heteroatoms. The van der Waals surface area contributed by atoms with E-state index in [9.17, 15) is 9.18 Å². The summed E-state index contributed by atoms with van der Waals surface area (Å²) in [5.74, 6) is -0.999. The van der Waals surface area contributed by atoms with Crippen molar-refractivity contribution in [1.29, 1.82) is 0 Å². The predicted octanol–water partition coefficient (Wildman–Crippen LogP) is 0.847. The molecule has 0 aromatic rings. The van der Waals surface area contributed by atoms with Crippen LogP contribution in [0.3, 0.4) is 0 Å². The molecule has 1 aliphatic carbocycles. The van der Waals surface area contributed by atoms with Crippen LogP contribution in [0.4, 0.5) is 4.39 Å². The molecule has 0 heterocycles. The van der Waals surface area contributed by atoms with Crippen LogP contribution in [0.2, 0.25) is 0 Å². The van der Waals surface area contributed by atoms with Crippen molar-refractivity contribution in [2.24, 2.45) is 5.73 Å². The number of carboxylic acids is 1. The number of rotatable bonds is 1. The van der Waals surface area contributed by atoms with Gasteiger partial charge in [0.2, 0.25) is 0 Å². The largest absolute Gasteiger partial charge is 0.478 e. The zero-order chi connectivity index (χ0) is 9.35. The summed E-state index contributed by atoms with van der Waals surface area (Å²) in [5.41, 5.74) is 4.19. The van der Waals surface area contributed by atoms with E-state index in [1.807, 2.05) is 0 Å². The fraction of sp³-hybridized carbons (Fsp3) is 0.625. The quantitative estimate of drug-likeness (QED) is 0.617. The first-order valence-corrected chi connectivity index (χ1v) is 3.82. The molecule has 68 valence electrons. The van der Waals surface area contributed by atoms with Crippen molar-refractivity contribution in [1.82, 2.24) is 0 Å². The Morgan fingerprint density at radius 1 is 1.92 bits per heavy atom.